The molecule has 0 aliphatic rings. The van der Waals surface area contributed by atoms with Crippen molar-refractivity contribution in [3.8, 4) is 0 Å². The molecule has 0 saturated carbocycles. The molecule has 48 valence electrons. The molecular formula is C5H6ClN3. The van der Waals surface area contributed by atoms with E-state index in [0.29, 0.717) is 5.69 Å². The molecule has 0 fully saturated rings. The Kier molecular flexibility index (Phi) is 1.97. The quantitative estimate of drug-likeness (QED) is 0.465. The third-order valence-electron chi connectivity index (χ3n) is 0.887. The minimum Gasteiger partial charge on any atom is -0.310 e. The van der Waals surface area contributed by atoms with E-state index in [-0.39, 0.29) is 0 Å². The maximum absolute atomic E-state index is 5.49. The van der Waals surface area contributed by atoms with E-state index in [0.717, 1.165) is 0 Å². The highest BCUT2D eigenvalue weighted by atomic mass is 35.5. The average Bonchev–Trinajstić information content (AvgIpc) is 1.90. The van der Waals surface area contributed by atoms with Gasteiger partial charge >= 0.3 is 0 Å². The Bertz CT molecular complexity index is 175. The van der Waals surface area contributed by atoms with Gasteiger partial charge < -0.3 is 5.73 Å². The average molecular weight is 144 g/mol. The van der Waals surface area contributed by atoms with Gasteiger partial charge in [-0.2, -0.15) is 0 Å². The van der Waals surface area contributed by atoms with Gasteiger partial charge in [0, 0.05) is 6.20 Å². The molecule has 0 amide bonds. The van der Waals surface area contributed by atoms with Crippen molar-refractivity contribution in [2.24, 2.45) is 5.73 Å². The summed E-state index contributed by atoms with van der Waals surface area (Å²) >= 11 is 5.49. The van der Waals surface area contributed by atoms with Gasteiger partial charge in [0.15, 0.2) is 0 Å². The van der Waals surface area contributed by atoms with Crippen LogP contribution in [0.25, 0.3) is 0 Å². The van der Waals surface area contributed by atoms with Gasteiger partial charge in [0.2, 0.25) is 0 Å². The molecule has 2 N–H and O–H groups in total. The predicted octanol–water partition coefficient (Wildman–Crippen LogP) is 0.673. The van der Waals surface area contributed by atoms with Crippen molar-refractivity contribution in [2.45, 2.75) is 5.50 Å². The second-order valence-corrected chi connectivity index (χ2v) is 2.01. The molecule has 0 radical (unpaired) electrons. The lowest BCUT2D eigenvalue weighted by molar-refractivity contribution is 0.929. The van der Waals surface area contributed by atoms with Gasteiger partial charge in [0.1, 0.15) is 11.8 Å². The largest absolute Gasteiger partial charge is 0.310 e. The molecular weight excluding hydrogens is 138 g/mol. The number of hydrogen-bond donors (Lipinski definition) is 1. The van der Waals surface area contributed by atoms with Crippen molar-refractivity contribution >= 4 is 11.6 Å². The molecule has 3 nitrogen and oxygen atoms in total. The molecule has 0 aliphatic heterocycles. The molecule has 9 heavy (non-hydrogen) atoms. The normalized spacial score (nSPS) is 13.1. The van der Waals surface area contributed by atoms with Gasteiger partial charge in [-0.05, 0) is 6.07 Å². The minimum atomic E-state index is -0.520. The van der Waals surface area contributed by atoms with Crippen LogP contribution >= 0.6 is 11.6 Å². The lowest BCUT2D eigenvalue weighted by atomic mass is 10.4. The summed E-state index contributed by atoms with van der Waals surface area (Å²) in [6, 6.07) is 1.68. The fourth-order valence-corrected chi connectivity index (χ4v) is 0.593. The summed E-state index contributed by atoms with van der Waals surface area (Å²) in [6.45, 7) is 0. The fraction of sp³-hybridized carbons (Fsp3) is 0.200. The predicted molar refractivity (Wildman–Crippen MR) is 34.8 cm³/mol. The monoisotopic (exact) mass is 143 g/mol. The Labute approximate surface area is 57.9 Å². The molecule has 1 atom stereocenters. The van der Waals surface area contributed by atoms with Crippen LogP contribution in [-0.2, 0) is 0 Å². The van der Waals surface area contributed by atoms with Crippen LogP contribution in [0.2, 0.25) is 0 Å². The first-order valence-electron chi connectivity index (χ1n) is 2.46. The molecule has 1 aromatic rings. The second-order valence-electron chi connectivity index (χ2n) is 1.54. The van der Waals surface area contributed by atoms with Crippen LogP contribution in [0.4, 0.5) is 0 Å². The van der Waals surface area contributed by atoms with Crippen LogP contribution in [0.3, 0.4) is 0 Å². The maximum atomic E-state index is 5.49. The maximum Gasteiger partial charge on any atom is 0.123 e. The van der Waals surface area contributed by atoms with Gasteiger partial charge in [-0.15, -0.1) is 0 Å². The lowest BCUT2D eigenvalue weighted by Crippen LogP contribution is -2.03. The minimum absolute atomic E-state index is 0.520. The van der Waals surface area contributed by atoms with Gasteiger partial charge in [-0.1, -0.05) is 11.6 Å². The van der Waals surface area contributed by atoms with Crippen molar-refractivity contribution in [3.05, 3.63) is 24.3 Å². The number of aromatic nitrogens is 2. The molecule has 1 aromatic heterocycles. The van der Waals surface area contributed by atoms with Crippen molar-refractivity contribution in [2.75, 3.05) is 0 Å². The second kappa shape index (κ2) is 2.75. The van der Waals surface area contributed by atoms with Gasteiger partial charge in [-0.3, -0.25) is 0 Å². The Hall–Kier alpha value is -0.670. The van der Waals surface area contributed by atoms with E-state index in [4.69, 9.17) is 17.3 Å². The van der Waals surface area contributed by atoms with Crippen LogP contribution in [-0.4, -0.2) is 9.97 Å². The molecule has 4 heteroatoms. The van der Waals surface area contributed by atoms with E-state index in [1.165, 1.54) is 6.33 Å². The standard InChI is InChI=1S/C5H6ClN3/c6-5(7)4-1-2-8-3-9-4/h1-3,5H,7H2. The highest BCUT2D eigenvalue weighted by Crippen LogP contribution is 2.07. The number of nitrogens with two attached hydrogens (primary N) is 1. The van der Waals surface area contributed by atoms with E-state index >= 15 is 0 Å². The van der Waals surface area contributed by atoms with E-state index in [1.807, 2.05) is 0 Å². The molecule has 0 aliphatic carbocycles. The zero-order valence-electron chi connectivity index (χ0n) is 4.66. The third kappa shape index (κ3) is 1.62. The van der Waals surface area contributed by atoms with Crippen molar-refractivity contribution < 1.29 is 0 Å². The van der Waals surface area contributed by atoms with E-state index in [1.54, 1.807) is 12.3 Å². The number of rotatable bonds is 1. The third-order valence-corrected chi connectivity index (χ3v) is 1.11. The fourth-order valence-electron chi connectivity index (χ4n) is 0.464. The lowest BCUT2D eigenvalue weighted by Gasteiger charge is -1.97. The summed E-state index contributed by atoms with van der Waals surface area (Å²) in [5.74, 6) is 0. The molecule has 0 bridgehead atoms. The van der Waals surface area contributed by atoms with Crippen LogP contribution in [0.1, 0.15) is 11.2 Å². The Morgan fingerprint density at radius 3 is 2.78 bits per heavy atom. The first-order chi connectivity index (χ1) is 4.30. The Morgan fingerprint density at radius 1 is 1.67 bits per heavy atom. The number of nitrogens with zero attached hydrogens (tertiary/aromatic N) is 2. The highest BCUT2D eigenvalue weighted by Gasteiger charge is 1.98. The first kappa shape index (κ1) is 6.45. The molecule has 1 unspecified atom stereocenters. The summed E-state index contributed by atoms with van der Waals surface area (Å²) in [6.07, 6.45) is 3.02. The number of halogens is 1. The van der Waals surface area contributed by atoms with Crippen LogP contribution in [0.5, 0.6) is 0 Å². The zero-order valence-corrected chi connectivity index (χ0v) is 5.42. The van der Waals surface area contributed by atoms with Crippen molar-refractivity contribution in [3.63, 3.8) is 0 Å². The van der Waals surface area contributed by atoms with Gasteiger partial charge in [0.25, 0.3) is 0 Å². The zero-order chi connectivity index (χ0) is 6.69. The SMILES string of the molecule is NC(Cl)c1ccncn1. The molecule has 0 aromatic carbocycles. The highest BCUT2D eigenvalue weighted by molar-refractivity contribution is 6.20. The van der Waals surface area contributed by atoms with Gasteiger partial charge in [0.05, 0.1) is 5.69 Å². The molecule has 0 spiro atoms. The summed E-state index contributed by atoms with van der Waals surface area (Å²) < 4.78 is 0. The summed E-state index contributed by atoms with van der Waals surface area (Å²) in [7, 11) is 0. The molecule has 1 rings (SSSR count). The Balaban J connectivity index is 2.85. The van der Waals surface area contributed by atoms with E-state index in [2.05, 4.69) is 9.97 Å². The van der Waals surface area contributed by atoms with Crippen molar-refractivity contribution in [1.29, 1.82) is 0 Å². The van der Waals surface area contributed by atoms with Crippen molar-refractivity contribution in [1.82, 2.24) is 9.97 Å². The number of alkyl halides is 1. The summed E-state index contributed by atoms with van der Waals surface area (Å²) in [5.41, 5.74) is 5.41. The van der Waals surface area contributed by atoms with Crippen LogP contribution in [0.15, 0.2) is 18.6 Å². The van der Waals surface area contributed by atoms with Gasteiger partial charge in [-0.25, -0.2) is 9.97 Å². The number of hydrogen-bond acceptors (Lipinski definition) is 3. The van der Waals surface area contributed by atoms with E-state index in [9.17, 15) is 0 Å². The van der Waals surface area contributed by atoms with Crippen LogP contribution < -0.4 is 5.73 Å². The van der Waals surface area contributed by atoms with Crippen LogP contribution in [0, 0.1) is 0 Å². The summed E-state index contributed by atoms with van der Waals surface area (Å²) in [4.78, 5) is 7.51. The Morgan fingerprint density at radius 2 is 2.44 bits per heavy atom. The smallest absolute Gasteiger partial charge is 0.123 e. The molecule has 0 saturated heterocycles. The van der Waals surface area contributed by atoms with E-state index < -0.39 is 5.50 Å². The topological polar surface area (TPSA) is 51.8 Å². The molecule has 1 heterocycles. The first-order valence-corrected chi connectivity index (χ1v) is 2.90. The summed E-state index contributed by atoms with van der Waals surface area (Å²) in [5, 5.41) is 0.